The van der Waals surface area contributed by atoms with Crippen LogP contribution >= 0.6 is 0 Å². The average molecular weight is 391 g/mol. The maximum Gasteiger partial charge on any atom is 0.414 e. The number of methoxy groups -OCH3 is 1. The number of ether oxygens (including phenoxy) is 2. The first-order valence-corrected chi connectivity index (χ1v) is 9.19. The molecule has 0 bridgehead atoms. The Morgan fingerprint density at radius 1 is 1.46 bits per heavy atom. The Morgan fingerprint density at radius 3 is 2.93 bits per heavy atom. The first kappa shape index (κ1) is 18.7. The predicted octanol–water partition coefficient (Wildman–Crippen LogP) is 0.547. The zero-order valence-corrected chi connectivity index (χ0v) is 15.7. The van der Waals surface area contributed by atoms with E-state index in [1.165, 1.54) is 25.0 Å². The molecule has 4 atom stereocenters. The summed E-state index contributed by atoms with van der Waals surface area (Å²) in [6.45, 7) is 2.96. The molecule has 1 aromatic carbocycles. The Labute approximate surface area is 161 Å². The second-order valence-corrected chi connectivity index (χ2v) is 7.50. The van der Waals surface area contributed by atoms with Gasteiger partial charge in [-0.3, -0.25) is 14.5 Å². The van der Waals surface area contributed by atoms with Gasteiger partial charge in [0.15, 0.2) is 0 Å². The number of amides is 2. The summed E-state index contributed by atoms with van der Waals surface area (Å²) in [6, 6.07) is 4.60. The van der Waals surface area contributed by atoms with E-state index in [0.29, 0.717) is 24.3 Å². The van der Waals surface area contributed by atoms with Crippen molar-refractivity contribution in [1.82, 2.24) is 10.6 Å². The lowest BCUT2D eigenvalue weighted by Gasteiger charge is -2.19. The summed E-state index contributed by atoms with van der Waals surface area (Å²) >= 11 is 0. The van der Waals surface area contributed by atoms with Gasteiger partial charge in [0, 0.05) is 18.9 Å². The number of hydrogen-bond acceptors (Lipinski definition) is 6. The van der Waals surface area contributed by atoms with E-state index in [2.05, 4.69) is 10.6 Å². The van der Waals surface area contributed by atoms with E-state index < -0.39 is 23.4 Å². The van der Waals surface area contributed by atoms with E-state index in [4.69, 9.17) is 9.47 Å². The van der Waals surface area contributed by atoms with Crippen molar-refractivity contribution in [2.24, 2.45) is 11.8 Å². The van der Waals surface area contributed by atoms with Crippen LogP contribution < -0.4 is 15.5 Å². The summed E-state index contributed by atoms with van der Waals surface area (Å²) in [5, 5.41) is 5.81. The number of nitrogens with zero attached hydrogens (tertiary/aromatic N) is 1. The molecule has 2 amide bonds. The number of carbonyl (C=O) groups excluding carboxylic acids is 3. The van der Waals surface area contributed by atoms with Crippen LogP contribution in [0.3, 0.4) is 0 Å². The molecule has 2 aliphatic heterocycles. The van der Waals surface area contributed by atoms with Crippen LogP contribution in [-0.2, 0) is 24.5 Å². The molecule has 150 valence electrons. The standard InChI is InChI=1S/C19H22FN3O5/c1-10(24)22-6-12-8-23(18(26)28-12)11-3-4-13(15(20)5-11)19-9-21-7-14(19)16(19)17(25)27-2/h3-5,12,14,16,21H,6-9H2,1-2H3,(H,22,24)/t12-,14-,16+,19+/m0/s1. The molecule has 1 saturated carbocycles. The quantitative estimate of drug-likeness (QED) is 0.712. The molecular weight excluding hydrogens is 369 g/mol. The highest BCUT2D eigenvalue weighted by atomic mass is 19.1. The third-order valence-electron chi connectivity index (χ3n) is 5.97. The number of fused-ring (bicyclic) bond motifs is 1. The van der Waals surface area contributed by atoms with Crippen LogP contribution in [0.25, 0.3) is 0 Å². The van der Waals surface area contributed by atoms with E-state index in [0.717, 1.165) is 0 Å². The molecule has 0 spiro atoms. The predicted molar refractivity (Wildman–Crippen MR) is 96.2 cm³/mol. The van der Waals surface area contributed by atoms with Gasteiger partial charge in [0.2, 0.25) is 5.91 Å². The lowest BCUT2D eigenvalue weighted by molar-refractivity contribution is -0.143. The fraction of sp³-hybridized carbons (Fsp3) is 0.526. The van der Waals surface area contributed by atoms with Gasteiger partial charge in [0.25, 0.3) is 0 Å². The molecule has 0 unspecified atom stereocenters. The number of carbonyl (C=O) groups is 3. The van der Waals surface area contributed by atoms with Gasteiger partial charge in [0.1, 0.15) is 11.9 Å². The molecule has 2 heterocycles. The maximum absolute atomic E-state index is 15.0. The molecule has 0 radical (unpaired) electrons. The third kappa shape index (κ3) is 2.81. The molecule has 3 fully saturated rings. The lowest BCUT2D eigenvalue weighted by atomic mass is 9.92. The number of benzene rings is 1. The van der Waals surface area contributed by atoms with Crippen LogP contribution in [0.1, 0.15) is 12.5 Å². The summed E-state index contributed by atoms with van der Waals surface area (Å²) in [5.74, 6) is -1.33. The first-order valence-electron chi connectivity index (χ1n) is 9.19. The molecule has 3 aliphatic rings. The van der Waals surface area contributed by atoms with Crippen molar-refractivity contribution < 1.29 is 28.2 Å². The highest BCUT2D eigenvalue weighted by molar-refractivity contribution is 5.90. The van der Waals surface area contributed by atoms with Crippen LogP contribution in [-0.4, -0.2) is 57.4 Å². The number of cyclic esters (lactones) is 1. The number of piperidine rings is 1. The fourth-order valence-corrected chi connectivity index (χ4v) is 4.60. The second kappa shape index (κ2) is 6.73. The molecule has 2 saturated heterocycles. The Bertz CT molecular complexity index is 847. The van der Waals surface area contributed by atoms with Crippen molar-refractivity contribution in [1.29, 1.82) is 0 Å². The van der Waals surface area contributed by atoms with Crippen LogP contribution in [0.5, 0.6) is 0 Å². The fourth-order valence-electron chi connectivity index (χ4n) is 4.60. The van der Waals surface area contributed by atoms with Gasteiger partial charge in [-0.1, -0.05) is 6.07 Å². The normalized spacial score (nSPS) is 30.6. The monoisotopic (exact) mass is 391 g/mol. The molecule has 9 heteroatoms. The van der Waals surface area contributed by atoms with Gasteiger partial charge in [-0.15, -0.1) is 0 Å². The Morgan fingerprint density at radius 2 is 2.25 bits per heavy atom. The van der Waals surface area contributed by atoms with Crippen molar-refractivity contribution >= 4 is 23.7 Å². The van der Waals surface area contributed by atoms with E-state index in [-0.39, 0.29) is 36.8 Å². The van der Waals surface area contributed by atoms with Gasteiger partial charge >= 0.3 is 12.1 Å². The summed E-state index contributed by atoms with van der Waals surface area (Å²) in [7, 11) is 1.34. The van der Waals surface area contributed by atoms with Crippen molar-refractivity contribution in [3.8, 4) is 0 Å². The molecule has 1 aliphatic carbocycles. The van der Waals surface area contributed by atoms with Gasteiger partial charge in [-0.25, -0.2) is 9.18 Å². The number of hydrogen-bond donors (Lipinski definition) is 2. The molecule has 1 aromatic rings. The van der Waals surface area contributed by atoms with E-state index in [1.807, 2.05) is 0 Å². The van der Waals surface area contributed by atoms with Crippen molar-refractivity contribution in [2.75, 3.05) is 38.2 Å². The molecule has 0 aromatic heterocycles. The SMILES string of the molecule is COC(=O)[C@H]1[C@@H]2CNC[C@@]21c1ccc(N2C[C@H](CNC(C)=O)OC2=O)cc1F. The minimum absolute atomic E-state index is 0.0130. The van der Waals surface area contributed by atoms with Gasteiger partial charge in [-0.2, -0.15) is 0 Å². The highest BCUT2D eigenvalue weighted by Crippen LogP contribution is 2.63. The number of nitrogens with one attached hydrogen (secondary N) is 2. The summed E-state index contributed by atoms with van der Waals surface area (Å²) in [5.41, 5.74) is 0.254. The highest BCUT2D eigenvalue weighted by Gasteiger charge is 2.72. The average Bonchev–Trinajstić information content (AvgIpc) is 2.94. The van der Waals surface area contributed by atoms with Crippen molar-refractivity contribution in [3.63, 3.8) is 0 Å². The van der Waals surface area contributed by atoms with E-state index in [1.54, 1.807) is 12.1 Å². The molecule has 2 N–H and O–H groups in total. The van der Waals surface area contributed by atoms with Gasteiger partial charge < -0.3 is 20.1 Å². The molecule has 28 heavy (non-hydrogen) atoms. The largest absolute Gasteiger partial charge is 0.469 e. The third-order valence-corrected chi connectivity index (χ3v) is 5.97. The second-order valence-electron chi connectivity index (χ2n) is 7.50. The Balaban J connectivity index is 1.54. The van der Waals surface area contributed by atoms with Crippen LogP contribution in [0, 0.1) is 17.7 Å². The van der Waals surface area contributed by atoms with Gasteiger partial charge in [0.05, 0.1) is 31.8 Å². The van der Waals surface area contributed by atoms with Gasteiger partial charge in [-0.05, 0) is 30.2 Å². The van der Waals surface area contributed by atoms with Crippen LogP contribution in [0.4, 0.5) is 14.9 Å². The lowest BCUT2D eigenvalue weighted by Crippen LogP contribution is -2.33. The number of halogens is 1. The van der Waals surface area contributed by atoms with Crippen LogP contribution in [0.2, 0.25) is 0 Å². The van der Waals surface area contributed by atoms with Crippen molar-refractivity contribution in [3.05, 3.63) is 29.6 Å². The summed E-state index contributed by atoms with van der Waals surface area (Å²) in [4.78, 5) is 36.6. The Hall–Kier alpha value is -2.68. The van der Waals surface area contributed by atoms with Crippen LogP contribution in [0.15, 0.2) is 18.2 Å². The summed E-state index contributed by atoms with van der Waals surface area (Å²) < 4.78 is 25.1. The Kier molecular flexibility index (Phi) is 4.49. The minimum Gasteiger partial charge on any atom is -0.469 e. The minimum atomic E-state index is -0.588. The maximum atomic E-state index is 15.0. The smallest absolute Gasteiger partial charge is 0.414 e. The first-order chi connectivity index (χ1) is 13.4. The number of anilines is 1. The van der Waals surface area contributed by atoms with E-state index in [9.17, 15) is 14.4 Å². The zero-order valence-electron chi connectivity index (χ0n) is 15.7. The number of esters is 1. The molecule has 8 nitrogen and oxygen atoms in total. The van der Waals surface area contributed by atoms with E-state index >= 15 is 4.39 Å². The topological polar surface area (TPSA) is 97.0 Å². The van der Waals surface area contributed by atoms with Crippen molar-refractivity contribution in [2.45, 2.75) is 18.4 Å². The molecular formula is C19H22FN3O5. The number of rotatable bonds is 5. The molecule has 4 rings (SSSR count). The summed E-state index contributed by atoms with van der Waals surface area (Å²) in [6.07, 6.45) is -1.08. The zero-order chi connectivity index (χ0) is 20.1.